The first-order valence-corrected chi connectivity index (χ1v) is 7.25. The summed E-state index contributed by atoms with van der Waals surface area (Å²) in [4.78, 5) is 2.79. The molecule has 0 aromatic rings. The minimum absolute atomic E-state index is 0.734. The molecule has 2 heteroatoms. The fraction of sp³-hybridized carbons (Fsp3) is 1.00. The second-order valence-corrected chi connectivity index (χ2v) is 5.84. The van der Waals surface area contributed by atoms with Gasteiger partial charge in [0.2, 0.25) is 0 Å². The number of piperidine rings is 1. The summed E-state index contributed by atoms with van der Waals surface area (Å²) in [6.07, 6.45) is 8.56. The Hall–Kier alpha value is -0.0800. The molecule has 2 nitrogen and oxygen atoms in total. The van der Waals surface area contributed by atoms with E-state index in [1.165, 1.54) is 58.2 Å². The average molecular weight is 224 g/mol. The van der Waals surface area contributed by atoms with E-state index in [9.17, 15) is 0 Å². The normalized spacial score (nSPS) is 30.6. The van der Waals surface area contributed by atoms with Gasteiger partial charge in [0.25, 0.3) is 0 Å². The summed E-state index contributed by atoms with van der Waals surface area (Å²) in [5.41, 5.74) is 0. The molecule has 2 fully saturated rings. The van der Waals surface area contributed by atoms with Crippen molar-refractivity contribution in [1.82, 2.24) is 10.2 Å². The van der Waals surface area contributed by atoms with Gasteiger partial charge < -0.3 is 5.32 Å². The Morgan fingerprint density at radius 2 is 1.75 bits per heavy atom. The lowest BCUT2D eigenvalue weighted by atomic mass is 9.86. The summed E-state index contributed by atoms with van der Waals surface area (Å²) < 4.78 is 0. The van der Waals surface area contributed by atoms with E-state index in [0.29, 0.717) is 0 Å². The maximum Gasteiger partial charge on any atom is 0.0127 e. The molecular weight excluding hydrogens is 196 g/mol. The van der Waals surface area contributed by atoms with E-state index in [1.807, 2.05) is 0 Å². The fourth-order valence-corrected chi connectivity index (χ4v) is 3.53. The SMILES string of the molecule is CC(C)N1CCCCCC1C1CCNCC1. The maximum absolute atomic E-state index is 3.49. The zero-order valence-corrected chi connectivity index (χ0v) is 11.0. The number of nitrogens with one attached hydrogen (secondary N) is 1. The molecule has 2 heterocycles. The standard InChI is InChI=1S/C14H28N2/c1-12(2)16-11-5-3-4-6-14(16)13-7-9-15-10-8-13/h12-15H,3-11H2,1-2H3. The van der Waals surface area contributed by atoms with Crippen LogP contribution in [0.2, 0.25) is 0 Å². The molecule has 16 heavy (non-hydrogen) atoms. The van der Waals surface area contributed by atoms with E-state index >= 15 is 0 Å². The third-order valence-electron chi connectivity index (χ3n) is 4.43. The predicted octanol–water partition coefficient (Wildman–Crippen LogP) is 2.64. The predicted molar refractivity (Wildman–Crippen MR) is 69.7 cm³/mol. The lowest BCUT2D eigenvalue weighted by Gasteiger charge is -2.40. The smallest absolute Gasteiger partial charge is 0.0127 e. The van der Waals surface area contributed by atoms with E-state index < -0.39 is 0 Å². The highest BCUT2D eigenvalue weighted by molar-refractivity contribution is 4.86. The Morgan fingerprint density at radius 1 is 1.00 bits per heavy atom. The molecule has 2 aliphatic heterocycles. The number of hydrogen-bond acceptors (Lipinski definition) is 2. The molecule has 0 bridgehead atoms. The van der Waals surface area contributed by atoms with Gasteiger partial charge in [-0.25, -0.2) is 0 Å². The first-order valence-electron chi connectivity index (χ1n) is 7.25. The van der Waals surface area contributed by atoms with Gasteiger partial charge in [-0.05, 0) is 65.1 Å². The highest BCUT2D eigenvalue weighted by Crippen LogP contribution is 2.29. The molecule has 0 saturated carbocycles. The molecule has 94 valence electrons. The van der Waals surface area contributed by atoms with Crippen molar-refractivity contribution < 1.29 is 0 Å². The highest BCUT2D eigenvalue weighted by atomic mass is 15.2. The summed E-state index contributed by atoms with van der Waals surface area (Å²) in [5.74, 6) is 0.960. The number of hydrogen-bond donors (Lipinski definition) is 1. The quantitative estimate of drug-likeness (QED) is 0.776. The molecule has 2 aliphatic rings. The van der Waals surface area contributed by atoms with Crippen LogP contribution in [-0.2, 0) is 0 Å². The Morgan fingerprint density at radius 3 is 2.44 bits per heavy atom. The molecule has 1 atom stereocenters. The van der Waals surface area contributed by atoms with Crippen LogP contribution in [0.1, 0.15) is 52.4 Å². The molecule has 0 spiro atoms. The van der Waals surface area contributed by atoms with Crippen molar-refractivity contribution in [2.24, 2.45) is 5.92 Å². The fourth-order valence-electron chi connectivity index (χ4n) is 3.53. The topological polar surface area (TPSA) is 15.3 Å². The van der Waals surface area contributed by atoms with Crippen LogP contribution in [0.3, 0.4) is 0 Å². The van der Waals surface area contributed by atoms with Crippen LogP contribution in [0.4, 0.5) is 0 Å². The van der Waals surface area contributed by atoms with Crippen LogP contribution in [0.25, 0.3) is 0 Å². The molecule has 0 aromatic carbocycles. The summed E-state index contributed by atoms with van der Waals surface area (Å²) in [5, 5.41) is 3.49. The molecule has 0 radical (unpaired) electrons. The van der Waals surface area contributed by atoms with Crippen molar-refractivity contribution in [3.05, 3.63) is 0 Å². The molecule has 2 saturated heterocycles. The van der Waals surface area contributed by atoms with Gasteiger partial charge in [-0.3, -0.25) is 4.90 Å². The lowest BCUT2D eigenvalue weighted by Crippen LogP contribution is -2.47. The first kappa shape index (κ1) is 12.4. The van der Waals surface area contributed by atoms with Crippen molar-refractivity contribution in [2.75, 3.05) is 19.6 Å². The Balaban J connectivity index is 2.00. The summed E-state index contributed by atoms with van der Waals surface area (Å²) in [6, 6.07) is 1.61. The van der Waals surface area contributed by atoms with Gasteiger partial charge in [0, 0.05) is 12.1 Å². The molecular formula is C14H28N2. The van der Waals surface area contributed by atoms with Crippen LogP contribution in [-0.4, -0.2) is 36.6 Å². The van der Waals surface area contributed by atoms with Crippen molar-refractivity contribution in [3.63, 3.8) is 0 Å². The largest absolute Gasteiger partial charge is 0.317 e. The number of likely N-dealkylation sites (tertiary alicyclic amines) is 1. The van der Waals surface area contributed by atoms with E-state index in [-0.39, 0.29) is 0 Å². The zero-order chi connectivity index (χ0) is 11.4. The van der Waals surface area contributed by atoms with E-state index in [4.69, 9.17) is 0 Å². The molecule has 2 rings (SSSR count). The van der Waals surface area contributed by atoms with Gasteiger partial charge in [-0.15, -0.1) is 0 Å². The van der Waals surface area contributed by atoms with Gasteiger partial charge in [-0.1, -0.05) is 12.8 Å². The Bertz CT molecular complexity index is 197. The Labute approximate surface area is 101 Å². The summed E-state index contributed by atoms with van der Waals surface area (Å²) in [7, 11) is 0. The van der Waals surface area contributed by atoms with Crippen molar-refractivity contribution in [1.29, 1.82) is 0 Å². The van der Waals surface area contributed by atoms with Gasteiger partial charge in [0.05, 0.1) is 0 Å². The third-order valence-corrected chi connectivity index (χ3v) is 4.43. The maximum atomic E-state index is 3.49. The van der Waals surface area contributed by atoms with Gasteiger partial charge in [-0.2, -0.15) is 0 Å². The van der Waals surface area contributed by atoms with Crippen LogP contribution in [0.15, 0.2) is 0 Å². The minimum Gasteiger partial charge on any atom is -0.317 e. The zero-order valence-electron chi connectivity index (χ0n) is 11.0. The first-order chi connectivity index (χ1) is 7.79. The van der Waals surface area contributed by atoms with Crippen LogP contribution in [0, 0.1) is 5.92 Å². The van der Waals surface area contributed by atoms with Crippen LogP contribution in [0.5, 0.6) is 0 Å². The lowest BCUT2D eigenvalue weighted by molar-refractivity contribution is 0.0929. The molecule has 0 aliphatic carbocycles. The number of nitrogens with zero attached hydrogens (tertiary/aromatic N) is 1. The third kappa shape index (κ3) is 2.98. The van der Waals surface area contributed by atoms with Gasteiger partial charge in [0.1, 0.15) is 0 Å². The number of rotatable bonds is 2. The molecule has 1 unspecified atom stereocenters. The van der Waals surface area contributed by atoms with E-state index in [2.05, 4.69) is 24.1 Å². The minimum atomic E-state index is 0.734. The second kappa shape index (κ2) is 6.02. The molecule has 0 aromatic heterocycles. The highest BCUT2D eigenvalue weighted by Gasteiger charge is 2.30. The van der Waals surface area contributed by atoms with Crippen LogP contribution < -0.4 is 5.32 Å². The Kier molecular flexibility index (Phi) is 4.66. The monoisotopic (exact) mass is 224 g/mol. The van der Waals surface area contributed by atoms with Crippen molar-refractivity contribution in [3.8, 4) is 0 Å². The van der Waals surface area contributed by atoms with Crippen molar-refractivity contribution in [2.45, 2.75) is 64.5 Å². The van der Waals surface area contributed by atoms with Crippen molar-refractivity contribution >= 4 is 0 Å². The van der Waals surface area contributed by atoms with E-state index in [0.717, 1.165) is 18.0 Å². The molecule has 0 amide bonds. The summed E-state index contributed by atoms with van der Waals surface area (Å²) >= 11 is 0. The second-order valence-electron chi connectivity index (χ2n) is 5.84. The van der Waals surface area contributed by atoms with Gasteiger partial charge >= 0.3 is 0 Å². The van der Waals surface area contributed by atoms with E-state index in [1.54, 1.807) is 0 Å². The summed E-state index contributed by atoms with van der Waals surface area (Å²) in [6.45, 7) is 8.57. The van der Waals surface area contributed by atoms with Gasteiger partial charge in [0.15, 0.2) is 0 Å². The average Bonchev–Trinajstić information content (AvgIpc) is 2.55. The van der Waals surface area contributed by atoms with Crippen LogP contribution >= 0.6 is 0 Å². The molecule has 1 N–H and O–H groups in total.